The van der Waals surface area contributed by atoms with Crippen LogP contribution in [0.5, 0.6) is 0 Å². The number of esters is 2. The third-order valence-electron chi connectivity index (χ3n) is 12.3. The molecule has 65 heavy (non-hydrogen) atoms. The van der Waals surface area contributed by atoms with Crippen molar-refractivity contribution < 1.29 is 37.2 Å². The standard InChI is InChI=1S/C53H108N3O8P/c1-6-10-12-14-16-18-20-22-24-26-28-30-32-36-49-60-52(57)40-47-56(48-41-53(58)61-50-37-33-31-29-27-25-23-21-19-17-15-13-11-7-2)46-35-34-44-55(5)45-38-42-54-43-39-51-64-65(59,62-8-3)63-9-4/h54H,6-51H2,1-5H3. The Labute approximate surface area is 402 Å². The SMILES string of the molecule is CCCCCCCCCCCCCCCCOC(=O)CCN(CCCCN(C)CCCNCCCOP(=O)(OCC)OCC)CCC(=O)OCCCCCCCCCCCCCCCC. The van der Waals surface area contributed by atoms with Crippen molar-refractivity contribution in [3.05, 3.63) is 0 Å². The van der Waals surface area contributed by atoms with Gasteiger partial charge in [-0.2, -0.15) is 0 Å². The second-order valence-corrected chi connectivity index (χ2v) is 20.2. The van der Waals surface area contributed by atoms with Crippen molar-refractivity contribution in [3.63, 3.8) is 0 Å². The number of phosphoric acid groups is 1. The van der Waals surface area contributed by atoms with Gasteiger partial charge in [-0.05, 0) is 92.1 Å². The molecule has 0 saturated carbocycles. The molecule has 0 aromatic heterocycles. The van der Waals surface area contributed by atoms with Gasteiger partial charge in [0, 0.05) is 13.1 Å². The van der Waals surface area contributed by atoms with Crippen LogP contribution in [0.25, 0.3) is 0 Å². The van der Waals surface area contributed by atoms with E-state index in [4.69, 9.17) is 23.0 Å². The van der Waals surface area contributed by atoms with E-state index < -0.39 is 7.82 Å². The molecular weight excluding hydrogens is 838 g/mol. The van der Waals surface area contributed by atoms with E-state index in [0.717, 1.165) is 84.1 Å². The Morgan fingerprint density at radius 1 is 0.400 bits per heavy atom. The molecule has 0 unspecified atom stereocenters. The number of ether oxygens (including phenoxy) is 2. The van der Waals surface area contributed by atoms with Gasteiger partial charge in [0.05, 0.1) is 45.9 Å². The zero-order valence-electron chi connectivity index (χ0n) is 43.6. The number of carbonyl (C=O) groups excluding carboxylic acids is 2. The van der Waals surface area contributed by atoms with Crippen molar-refractivity contribution in [2.45, 2.75) is 246 Å². The van der Waals surface area contributed by atoms with Gasteiger partial charge in [0.25, 0.3) is 0 Å². The number of rotatable bonds is 54. The Hall–Kier alpha value is -1.07. The summed E-state index contributed by atoms with van der Waals surface area (Å²) in [5, 5.41) is 3.44. The fourth-order valence-corrected chi connectivity index (χ4v) is 9.38. The topological polar surface area (TPSA) is 116 Å². The van der Waals surface area contributed by atoms with Crippen LogP contribution >= 0.6 is 7.82 Å². The Morgan fingerprint density at radius 3 is 1.15 bits per heavy atom. The van der Waals surface area contributed by atoms with E-state index >= 15 is 0 Å². The fourth-order valence-electron chi connectivity index (χ4n) is 8.17. The molecule has 0 heterocycles. The molecule has 12 heteroatoms. The van der Waals surface area contributed by atoms with Crippen molar-refractivity contribution in [2.75, 3.05) is 85.9 Å². The third-order valence-corrected chi connectivity index (χ3v) is 13.9. The number of nitrogens with zero attached hydrogens (tertiary/aromatic N) is 2. The van der Waals surface area contributed by atoms with Gasteiger partial charge in [0.2, 0.25) is 0 Å². The normalized spacial score (nSPS) is 11.9. The monoisotopic (exact) mass is 946 g/mol. The van der Waals surface area contributed by atoms with E-state index in [-0.39, 0.29) is 25.2 Å². The summed E-state index contributed by atoms with van der Waals surface area (Å²) in [5.41, 5.74) is 0. The molecule has 11 nitrogen and oxygen atoms in total. The predicted octanol–water partition coefficient (Wildman–Crippen LogP) is 14.4. The van der Waals surface area contributed by atoms with Crippen molar-refractivity contribution >= 4 is 19.8 Å². The molecule has 0 rings (SSSR count). The summed E-state index contributed by atoms with van der Waals surface area (Å²) in [5.74, 6) is -0.274. The van der Waals surface area contributed by atoms with Gasteiger partial charge in [-0.15, -0.1) is 0 Å². The molecule has 388 valence electrons. The molecule has 0 aliphatic rings. The zero-order valence-corrected chi connectivity index (χ0v) is 44.5. The predicted molar refractivity (Wildman–Crippen MR) is 274 cm³/mol. The first-order valence-corrected chi connectivity index (χ1v) is 29.2. The lowest BCUT2D eigenvalue weighted by molar-refractivity contribution is -0.144. The zero-order chi connectivity index (χ0) is 47.6. The number of phosphoric ester groups is 1. The second kappa shape index (κ2) is 50.8. The van der Waals surface area contributed by atoms with Crippen LogP contribution in [0.2, 0.25) is 0 Å². The average molecular weight is 946 g/mol. The van der Waals surface area contributed by atoms with E-state index in [2.05, 4.69) is 36.0 Å². The molecule has 0 amide bonds. The van der Waals surface area contributed by atoms with E-state index in [0.29, 0.717) is 45.8 Å². The van der Waals surface area contributed by atoms with Crippen LogP contribution in [0.15, 0.2) is 0 Å². The molecular formula is C53H108N3O8P. The molecule has 0 atom stereocenters. The van der Waals surface area contributed by atoms with Crippen LogP contribution in [0.3, 0.4) is 0 Å². The number of carbonyl (C=O) groups is 2. The van der Waals surface area contributed by atoms with Crippen LogP contribution < -0.4 is 5.32 Å². The van der Waals surface area contributed by atoms with Crippen LogP contribution in [0, 0.1) is 0 Å². The first kappa shape index (κ1) is 63.9. The second-order valence-electron chi connectivity index (χ2n) is 18.6. The van der Waals surface area contributed by atoms with E-state index in [1.165, 1.54) is 154 Å². The van der Waals surface area contributed by atoms with Crippen LogP contribution in [0.4, 0.5) is 0 Å². The van der Waals surface area contributed by atoms with Crippen molar-refractivity contribution in [1.82, 2.24) is 15.1 Å². The molecule has 0 aromatic rings. The molecule has 0 fully saturated rings. The van der Waals surface area contributed by atoms with Gasteiger partial charge in [0.1, 0.15) is 0 Å². The van der Waals surface area contributed by atoms with Crippen LogP contribution in [-0.4, -0.2) is 108 Å². The van der Waals surface area contributed by atoms with Crippen molar-refractivity contribution in [2.24, 2.45) is 0 Å². The summed E-state index contributed by atoms with van der Waals surface area (Å²) in [6, 6.07) is 0. The highest BCUT2D eigenvalue weighted by Crippen LogP contribution is 2.49. The van der Waals surface area contributed by atoms with Crippen LogP contribution in [0.1, 0.15) is 246 Å². The van der Waals surface area contributed by atoms with E-state index in [9.17, 15) is 14.2 Å². The maximum atomic E-state index is 12.7. The third kappa shape index (κ3) is 47.8. The lowest BCUT2D eigenvalue weighted by atomic mass is 10.0. The summed E-state index contributed by atoms with van der Waals surface area (Å²) < 4.78 is 39.4. The maximum absolute atomic E-state index is 12.7. The Morgan fingerprint density at radius 2 is 0.754 bits per heavy atom. The molecule has 0 aromatic carbocycles. The molecule has 0 aliphatic carbocycles. The number of nitrogens with one attached hydrogen (secondary N) is 1. The van der Waals surface area contributed by atoms with Gasteiger partial charge in [-0.1, -0.05) is 181 Å². The highest BCUT2D eigenvalue weighted by Gasteiger charge is 2.24. The smallest absolute Gasteiger partial charge is 0.466 e. The van der Waals surface area contributed by atoms with Gasteiger partial charge < -0.3 is 24.6 Å². The molecule has 1 N–H and O–H groups in total. The molecule has 0 saturated heterocycles. The number of hydrogen-bond acceptors (Lipinski definition) is 11. The van der Waals surface area contributed by atoms with Gasteiger partial charge in [0.15, 0.2) is 0 Å². The highest BCUT2D eigenvalue weighted by atomic mass is 31.2. The van der Waals surface area contributed by atoms with Gasteiger partial charge >= 0.3 is 19.8 Å². The maximum Gasteiger partial charge on any atom is 0.474 e. The largest absolute Gasteiger partial charge is 0.474 e. The first-order valence-electron chi connectivity index (χ1n) is 27.8. The fraction of sp³-hybridized carbons (Fsp3) is 0.962. The van der Waals surface area contributed by atoms with E-state index in [1.54, 1.807) is 13.8 Å². The lowest BCUT2D eigenvalue weighted by Gasteiger charge is -2.22. The minimum Gasteiger partial charge on any atom is -0.466 e. The lowest BCUT2D eigenvalue weighted by Crippen LogP contribution is -2.31. The van der Waals surface area contributed by atoms with E-state index in [1.807, 2.05) is 0 Å². The Balaban J connectivity index is 4.37. The minimum atomic E-state index is -3.44. The van der Waals surface area contributed by atoms with Gasteiger partial charge in [-0.25, -0.2) is 4.57 Å². The van der Waals surface area contributed by atoms with Crippen molar-refractivity contribution in [3.8, 4) is 0 Å². The summed E-state index contributed by atoms with van der Waals surface area (Å²) >= 11 is 0. The average Bonchev–Trinajstić information content (AvgIpc) is 3.29. The highest BCUT2D eigenvalue weighted by molar-refractivity contribution is 7.48. The number of hydrogen-bond donors (Lipinski definition) is 1. The van der Waals surface area contributed by atoms with Gasteiger partial charge in [-0.3, -0.25) is 23.2 Å². The van der Waals surface area contributed by atoms with Crippen LogP contribution in [-0.2, 0) is 37.2 Å². The first-order chi connectivity index (χ1) is 31.8. The minimum absolute atomic E-state index is 0.137. The Kier molecular flexibility index (Phi) is 50.0. The Bertz CT molecular complexity index is 997. The molecule has 0 aliphatic heterocycles. The quantitative estimate of drug-likeness (QED) is 0.0357. The molecule has 0 bridgehead atoms. The molecule has 0 spiro atoms. The summed E-state index contributed by atoms with van der Waals surface area (Å²) in [7, 11) is -1.28. The number of unbranched alkanes of at least 4 members (excludes halogenated alkanes) is 27. The summed E-state index contributed by atoms with van der Waals surface area (Å²) in [6.07, 6.45) is 41.1. The summed E-state index contributed by atoms with van der Waals surface area (Å²) in [4.78, 5) is 30.0. The van der Waals surface area contributed by atoms with Crippen molar-refractivity contribution in [1.29, 1.82) is 0 Å². The summed E-state index contributed by atoms with van der Waals surface area (Å²) in [6.45, 7) is 15.7. The molecule has 0 radical (unpaired) electrons.